The highest BCUT2D eigenvalue weighted by atomic mass is 16.5. The minimum atomic E-state index is -0.119. The lowest BCUT2D eigenvalue weighted by Crippen LogP contribution is -2.51. The van der Waals surface area contributed by atoms with Crippen LogP contribution < -0.4 is 0 Å². The summed E-state index contributed by atoms with van der Waals surface area (Å²) < 4.78 is 7.79. The summed E-state index contributed by atoms with van der Waals surface area (Å²) in [4.78, 5) is 21.3. The van der Waals surface area contributed by atoms with E-state index in [4.69, 9.17) is 4.74 Å². The third-order valence-electron chi connectivity index (χ3n) is 4.31. The number of imidazole rings is 1. The second kappa shape index (κ2) is 7.15. The molecule has 0 bridgehead atoms. The van der Waals surface area contributed by atoms with Crippen molar-refractivity contribution in [3.63, 3.8) is 0 Å². The first kappa shape index (κ1) is 16.7. The maximum absolute atomic E-state index is 13.1. The van der Waals surface area contributed by atoms with Gasteiger partial charge < -0.3 is 19.1 Å². The van der Waals surface area contributed by atoms with E-state index in [1.165, 1.54) is 0 Å². The molecule has 0 N–H and O–H groups in total. The number of hydrogen-bond donors (Lipinski definition) is 0. The van der Waals surface area contributed by atoms with Crippen LogP contribution in [0.2, 0.25) is 0 Å². The number of carbonyl (C=O) groups is 1. The summed E-state index contributed by atoms with van der Waals surface area (Å²) in [5, 5.41) is 0. The van der Waals surface area contributed by atoms with E-state index in [1.807, 2.05) is 44.2 Å². The first-order valence-electron chi connectivity index (χ1n) is 8.17. The highest BCUT2D eigenvalue weighted by molar-refractivity contribution is 5.91. The van der Waals surface area contributed by atoms with Crippen molar-refractivity contribution < 1.29 is 9.53 Å². The average molecular weight is 328 g/mol. The zero-order chi connectivity index (χ0) is 17.1. The largest absolute Gasteiger partial charge is 0.373 e. The van der Waals surface area contributed by atoms with Gasteiger partial charge in [0.1, 0.15) is 0 Å². The van der Waals surface area contributed by atoms with Crippen LogP contribution in [0.5, 0.6) is 0 Å². The highest BCUT2D eigenvalue weighted by Gasteiger charge is 2.37. The molecule has 0 aliphatic carbocycles. The van der Waals surface area contributed by atoms with Gasteiger partial charge in [-0.05, 0) is 19.7 Å². The summed E-state index contributed by atoms with van der Waals surface area (Å²) in [5.74, 6) is 0.407. The van der Waals surface area contributed by atoms with Gasteiger partial charge in [0.15, 0.2) is 5.82 Å². The number of amides is 1. The Hall–Kier alpha value is -2.18. The molecule has 0 saturated carbocycles. The van der Waals surface area contributed by atoms with Gasteiger partial charge in [-0.25, -0.2) is 4.98 Å². The molecule has 6 heteroatoms. The van der Waals surface area contributed by atoms with E-state index in [0.29, 0.717) is 19.0 Å². The molecule has 0 unspecified atom stereocenters. The van der Waals surface area contributed by atoms with Gasteiger partial charge in [-0.2, -0.15) is 0 Å². The molecule has 1 fully saturated rings. The Morgan fingerprint density at radius 1 is 1.33 bits per heavy atom. The first-order valence-corrected chi connectivity index (χ1v) is 8.17. The quantitative estimate of drug-likeness (QED) is 0.855. The van der Waals surface area contributed by atoms with Gasteiger partial charge in [-0.15, -0.1) is 0 Å². The fourth-order valence-electron chi connectivity index (χ4n) is 3.22. The van der Waals surface area contributed by atoms with Crippen LogP contribution in [-0.2, 0) is 11.8 Å². The van der Waals surface area contributed by atoms with Crippen LogP contribution in [0.1, 0.15) is 22.2 Å². The fraction of sp³-hybridized carbons (Fsp3) is 0.444. The molecule has 2 heterocycles. The van der Waals surface area contributed by atoms with Crippen LogP contribution in [0.25, 0.3) is 0 Å². The Labute approximate surface area is 142 Å². The lowest BCUT2D eigenvalue weighted by atomic mass is 9.97. The number of aryl methyl sites for hydroxylation is 1. The highest BCUT2D eigenvalue weighted by Crippen LogP contribution is 2.31. The van der Waals surface area contributed by atoms with Crippen molar-refractivity contribution in [2.45, 2.75) is 12.1 Å². The number of benzene rings is 1. The van der Waals surface area contributed by atoms with Crippen LogP contribution in [-0.4, -0.2) is 65.2 Å². The molecular formula is C18H24N4O2. The van der Waals surface area contributed by atoms with Gasteiger partial charge in [0.25, 0.3) is 5.91 Å². The average Bonchev–Trinajstić information content (AvgIpc) is 3.00. The standard InChI is InChI=1S/C18H24N4O2/c1-20(2)13-15-16(14-7-5-4-6-8-14)22(11-12-24-15)18(23)17-19-9-10-21(17)3/h4-10,15-16H,11-13H2,1-3H3/t15-,16-/m0/s1. The lowest BCUT2D eigenvalue weighted by molar-refractivity contribution is -0.0688. The number of aromatic nitrogens is 2. The van der Waals surface area contributed by atoms with Crippen molar-refractivity contribution >= 4 is 5.91 Å². The van der Waals surface area contributed by atoms with Crippen LogP contribution in [0.15, 0.2) is 42.7 Å². The molecule has 3 rings (SSSR count). The van der Waals surface area contributed by atoms with Crippen molar-refractivity contribution in [2.75, 3.05) is 33.8 Å². The Morgan fingerprint density at radius 3 is 2.71 bits per heavy atom. The van der Waals surface area contributed by atoms with Crippen LogP contribution in [0.3, 0.4) is 0 Å². The summed E-state index contributed by atoms with van der Waals surface area (Å²) in [5.41, 5.74) is 1.09. The molecule has 1 aliphatic heterocycles. The van der Waals surface area contributed by atoms with E-state index in [1.54, 1.807) is 17.0 Å². The van der Waals surface area contributed by atoms with Gasteiger partial charge in [0.2, 0.25) is 0 Å². The molecule has 6 nitrogen and oxygen atoms in total. The van der Waals surface area contributed by atoms with Crippen molar-refractivity contribution in [3.05, 3.63) is 54.1 Å². The summed E-state index contributed by atoms with van der Waals surface area (Å²) in [7, 11) is 5.88. The van der Waals surface area contributed by atoms with E-state index in [-0.39, 0.29) is 18.1 Å². The third kappa shape index (κ3) is 3.34. The molecular weight excluding hydrogens is 304 g/mol. The number of likely N-dealkylation sites (N-methyl/N-ethyl adjacent to an activating group) is 1. The molecule has 0 radical (unpaired) electrons. The van der Waals surface area contributed by atoms with Crippen LogP contribution in [0, 0.1) is 0 Å². The van der Waals surface area contributed by atoms with Crippen molar-refractivity contribution in [3.8, 4) is 0 Å². The summed E-state index contributed by atoms with van der Waals surface area (Å²) >= 11 is 0. The molecule has 1 aromatic carbocycles. The van der Waals surface area contributed by atoms with E-state index < -0.39 is 0 Å². The Morgan fingerprint density at radius 2 is 2.08 bits per heavy atom. The van der Waals surface area contributed by atoms with Crippen molar-refractivity contribution in [2.24, 2.45) is 7.05 Å². The van der Waals surface area contributed by atoms with Crippen LogP contribution >= 0.6 is 0 Å². The maximum atomic E-state index is 13.1. The second-order valence-corrected chi connectivity index (χ2v) is 6.39. The number of nitrogens with zero attached hydrogens (tertiary/aromatic N) is 4. The van der Waals surface area contributed by atoms with E-state index in [2.05, 4.69) is 22.0 Å². The molecule has 1 aliphatic rings. The Kier molecular flexibility index (Phi) is 4.97. The molecule has 128 valence electrons. The fourth-order valence-corrected chi connectivity index (χ4v) is 3.22. The minimum absolute atomic E-state index is 0.0524. The zero-order valence-corrected chi connectivity index (χ0v) is 14.4. The smallest absolute Gasteiger partial charge is 0.290 e. The number of rotatable bonds is 4. The van der Waals surface area contributed by atoms with E-state index >= 15 is 0 Å². The van der Waals surface area contributed by atoms with Gasteiger partial charge in [0, 0.05) is 32.5 Å². The topological polar surface area (TPSA) is 50.6 Å². The molecule has 0 spiro atoms. The lowest BCUT2D eigenvalue weighted by Gasteiger charge is -2.42. The SMILES string of the molecule is CN(C)C[C@@H]1OCCN(C(=O)c2nccn2C)[C@H]1c1ccccc1. The van der Waals surface area contributed by atoms with Crippen LogP contribution in [0.4, 0.5) is 0 Å². The van der Waals surface area contributed by atoms with E-state index in [9.17, 15) is 4.79 Å². The van der Waals surface area contributed by atoms with Gasteiger partial charge >= 0.3 is 0 Å². The van der Waals surface area contributed by atoms with Crippen molar-refractivity contribution in [1.82, 2.24) is 19.4 Å². The molecule has 1 aromatic heterocycles. The number of carbonyl (C=O) groups excluding carboxylic acids is 1. The van der Waals surface area contributed by atoms with Crippen molar-refractivity contribution in [1.29, 1.82) is 0 Å². The second-order valence-electron chi connectivity index (χ2n) is 6.39. The summed E-state index contributed by atoms with van der Waals surface area (Å²) in [6, 6.07) is 9.98. The first-order chi connectivity index (χ1) is 11.6. The summed E-state index contributed by atoms with van der Waals surface area (Å²) in [6.45, 7) is 1.86. The summed E-state index contributed by atoms with van der Waals surface area (Å²) in [6.07, 6.45) is 3.38. The van der Waals surface area contributed by atoms with E-state index in [0.717, 1.165) is 12.1 Å². The molecule has 24 heavy (non-hydrogen) atoms. The number of morpholine rings is 1. The molecule has 2 aromatic rings. The molecule has 2 atom stereocenters. The molecule has 1 saturated heterocycles. The number of hydrogen-bond acceptors (Lipinski definition) is 4. The monoisotopic (exact) mass is 328 g/mol. The Bertz CT molecular complexity index is 683. The minimum Gasteiger partial charge on any atom is -0.373 e. The molecule has 1 amide bonds. The van der Waals surface area contributed by atoms with Gasteiger partial charge in [-0.1, -0.05) is 30.3 Å². The van der Waals surface area contributed by atoms with Gasteiger partial charge in [-0.3, -0.25) is 4.79 Å². The predicted octanol–water partition coefficient (Wildman–Crippen LogP) is 1.56. The normalized spacial score (nSPS) is 21.2. The third-order valence-corrected chi connectivity index (χ3v) is 4.31. The van der Waals surface area contributed by atoms with Gasteiger partial charge in [0.05, 0.1) is 18.8 Å². The maximum Gasteiger partial charge on any atom is 0.290 e. The Balaban J connectivity index is 1.96. The number of ether oxygens (including phenoxy) is 1. The predicted molar refractivity (Wildman–Crippen MR) is 91.7 cm³/mol. The zero-order valence-electron chi connectivity index (χ0n) is 14.4.